The van der Waals surface area contributed by atoms with E-state index in [-0.39, 0.29) is 6.61 Å². The molecule has 1 heterocycles. The number of rotatable bonds is 4. The van der Waals surface area contributed by atoms with Gasteiger partial charge in [-0.2, -0.15) is 0 Å². The maximum absolute atomic E-state index is 8.80. The Morgan fingerprint density at radius 1 is 1.44 bits per heavy atom. The van der Waals surface area contributed by atoms with E-state index < -0.39 is 0 Å². The summed E-state index contributed by atoms with van der Waals surface area (Å²) in [6.07, 6.45) is 4.43. The first-order valence-electron chi connectivity index (χ1n) is 5.00. The number of thioether (sulfide) groups is 1. The van der Waals surface area contributed by atoms with Crippen LogP contribution in [-0.4, -0.2) is 33.0 Å². The summed E-state index contributed by atoms with van der Waals surface area (Å²) < 4.78 is 1.73. The minimum atomic E-state index is 0.101. The normalized spacial score (nSPS) is 10.6. The summed E-state index contributed by atoms with van der Waals surface area (Å²) in [5.74, 6) is 0. The average molecular weight is 235 g/mol. The molecule has 0 radical (unpaired) electrons. The highest BCUT2D eigenvalue weighted by Crippen LogP contribution is 2.17. The fourth-order valence-electron chi connectivity index (χ4n) is 1.41. The summed E-state index contributed by atoms with van der Waals surface area (Å²) in [5, 5.41) is 16.8. The van der Waals surface area contributed by atoms with E-state index in [1.807, 2.05) is 24.6 Å². The van der Waals surface area contributed by atoms with E-state index in [4.69, 9.17) is 5.11 Å². The molecule has 0 saturated heterocycles. The van der Waals surface area contributed by atoms with Crippen molar-refractivity contribution in [3.63, 3.8) is 0 Å². The molecule has 1 aromatic carbocycles. The van der Waals surface area contributed by atoms with Crippen molar-refractivity contribution >= 4 is 11.8 Å². The van der Waals surface area contributed by atoms with Crippen molar-refractivity contribution in [1.29, 1.82) is 0 Å². The van der Waals surface area contributed by atoms with Gasteiger partial charge in [-0.05, 0) is 24.5 Å². The third kappa shape index (κ3) is 2.43. The Bertz CT molecular complexity index is 470. The molecule has 5 heteroatoms. The van der Waals surface area contributed by atoms with E-state index in [1.165, 1.54) is 4.90 Å². The number of aliphatic hydroxyl groups excluding tert-OH is 1. The lowest BCUT2D eigenvalue weighted by atomic mass is 10.3. The predicted molar refractivity (Wildman–Crippen MR) is 63.9 cm³/mol. The van der Waals surface area contributed by atoms with Gasteiger partial charge in [0.1, 0.15) is 0 Å². The second-order valence-corrected chi connectivity index (χ2v) is 4.21. The summed E-state index contributed by atoms with van der Waals surface area (Å²) in [4.78, 5) is 1.19. The van der Waals surface area contributed by atoms with Gasteiger partial charge in [0.2, 0.25) is 0 Å². The fourth-order valence-corrected chi connectivity index (χ4v) is 1.86. The van der Waals surface area contributed by atoms with Gasteiger partial charge in [-0.3, -0.25) is 0 Å². The van der Waals surface area contributed by atoms with E-state index in [0.717, 1.165) is 11.4 Å². The van der Waals surface area contributed by atoms with Crippen LogP contribution in [0.2, 0.25) is 0 Å². The van der Waals surface area contributed by atoms with E-state index in [2.05, 4.69) is 22.4 Å². The van der Waals surface area contributed by atoms with Gasteiger partial charge in [-0.15, -0.1) is 16.9 Å². The number of aliphatic hydroxyl groups is 1. The third-order valence-corrected chi connectivity index (χ3v) is 2.95. The molecule has 0 aliphatic rings. The molecule has 84 valence electrons. The van der Waals surface area contributed by atoms with Crippen molar-refractivity contribution in [2.45, 2.75) is 11.3 Å². The molecule has 2 rings (SSSR count). The second kappa shape index (κ2) is 5.14. The van der Waals surface area contributed by atoms with Crippen molar-refractivity contribution in [3.8, 4) is 5.69 Å². The zero-order valence-electron chi connectivity index (χ0n) is 9.00. The zero-order chi connectivity index (χ0) is 11.4. The SMILES string of the molecule is CSc1cccc(-n2cc(CCO)nn2)c1. The lowest BCUT2D eigenvalue weighted by Gasteiger charge is -2.01. The van der Waals surface area contributed by atoms with Crippen LogP contribution < -0.4 is 0 Å². The van der Waals surface area contributed by atoms with Gasteiger partial charge in [0.15, 0.2) is 0 Å². The first kappa shape index (κ1) is 11.2. The van der Waals surface area contributed by atoms with Crippen LogP contribution in [0.4, 0.5) is 0 Å². The quantitative estimate of drug-likeness (QED) is 0.816. The van der Waals surface area contributed by atoms with Gasteiger partial charge < -0.3 is 5.11 Å². The number of aromatic nitrogens is 3. The van der Waals surface area contributed by atoms with E-state index >= 15 is 0 Å². The van der Waals surface area contributed by atoms with Crippen molar-refractivity contribution < 1.29 is 5.11 Å². The molecular formula is C11H13N3OS. The molecule has 0 spiro atoms. The summed E-state index contributed by atoms with van der Waals surface area (Å²) in [7, 11) is 0. The van der Waals surface area contributed by atoms with E-state index in [0.29, 0.717) is 6.42 Å². The monoisotopic (exact) mass is 235 g/mol. The largest absolute Gasteiger partial charge is 0.396 e. The molecule has 0 unspecified atom stereocenters. The van der Waals surface area contributed by atoms with Crippen molar-refractivity contribution in [3.05, 3.63) is 36.2 Å². The number of nitrogens with zero attached hydrogens (tertiary/aromatic N) is 3. The van der Waals surface area contributed by atoms with Crippen LogP contribution in [0.1, 0.15) is 5.69 Å². The Morgan fingerprint density at radius 2 is 2.31 bits per heavy atom. The van der Waals surface area contributed by atoms with E-state index in [9.17, 15) is 0 Å². The van der Waals surface area contributed by atoms with Gasteiger partial charge in [0, 0.05) is 17.9 Å². The molecule has 0 aliphatic heterocycles. The average Bonchev–Trinajstić information content (AvgIpc) is 2.78. The summed E-state index contributed by atoms with van der Waals surface area (Å²) in [6, 6.07) is 8.09. The Balaban J connectivity index is 2.27. The smallest absolute Gasteiger partial charge is 0.0854 e. The third-order valence-electron chi connectivity index (χ3n) is 2.23. The first-order valence-corrected chi connectivity index (χ1v) is 6.22. The molecule has 0 saturated carbocycles. The molecule has 1 aromatic heterocycles. The van der Waals surface area contributed by atoms with Crippen molar-refractivity contribution in [2.75, 3.05) is 12.9 Å². The van der Waals surface area contributed by atoms with Gasteiger partial charge >= 0.3 is 0 Å². The summed E-state index contributed by atoms with van der Waals surface area (Å²) in [5.41, 5.74) is 1.79. The highest BCUT2D eigenvalue weighted by molar-refractivity contribution is 7.98. The fraction of sp³-hybridized carbons (Fsp3) is 0.273. The lowest BCUT2D eigenvalue weighted by molar-refractivity contribution is 0.298. The lowest BCUT2D eigenvalue weighted by Crippen LogP contribution is -1.94. The highest BCUT2D eigenvalue weighted by atomic mass is 32.2. The van der Waals surface area contributed by atoms with Gasteiger partial charge in [-0.1, -0.05) is 11.3 Å². The maximum Gasteiger partial charge on any atom is 0.0854 e. The number of hydrogen-bond donors (Lipinski definition) is 1. The minimum Gasteiger partial charge on any atom is -0.396 e. The molecule has 1 N–H and O–H groups in total. The Morgan fingerprint density at radius 3 is 3.06 bits per heavy atom. The van der Waals surface area contributed by atoms with Crippen LogP contribution in [0, 0.1) is 0 Å². The highest BCUT2D eigenvalue weighted by Gasteiger charge is 2.02. The predicted octanol–water partition coefficient (Wildman–Crippen LogP) is 1.52. The molecular weight excluding hydrogens is 222 g/mol. The van der Waals surface area contributed by atoms with Crippen LogP contribution in [0.25, 0.3) is 5.69 Å². The number of benzene rings is 1. The Labute approximate surface area is 98.3 Å². The molecule has 0 aliphatic carbocycles. The zero-order valence-corrected chi connectivity index (χ0v) is 9.81. The van der Waals surface area contributed by atoms with Crippen molar-refractivity contribution in [1.82, 2.24) is 15.0 Å². The van der Waals surface area contributed by atoms with Crippen LogP contribution in [0.15, 0.2) is 35.4 Å². The molecule has 0 bridgehead atoms. The molecule has 0 amide bonds. The molecule has 16 heavy (non-hydrogen) atoms. The molecule has 0 atom stereocenters. The van der Waals surface area contributed by atoms with Gasteiger partial charge in [0.05, 0.1) is 17.6 Å². The Kier molecular flexibility index (Phi) is 3.58. The van der Waals surface area contributed by atoms with Crippen LogP contribution in [0.3, 0.4) is 0 Å². The summed E-state index contributed by atoms with van der Waals surface area (Å²) >= 11 is 1.69. The summed E-state index contributed by atoms with van der Waals surface area (Å²) in [6.45, 7) is 0.101. The van der Waals surface area contributed by atoms with E-state index in [1.54, 1.807) is 16.4 Å². The van der Waals surface area contributed by atoms with Crippen molar-refractivity contribution in [2.24, 2.45) is 0 Å². The standard InChI is InChI=1S/C11H13N3OS/c1-16-11-4-2-3-10(7-11)14-8-9(5-6-15)12-13-14/h2-4,7-8,15H,5-6H2,1H3. The van der Waals surface area contributed by atoms with Crippen LogP contribution in [0.5, 0.6) is 0 Å². The number of hydrogen-bond acceptors (Lipinski definition) is 4. The Hall–Kier alpha value is -1.33. The van der Waals surface area contributed by atoms with Gasteiger partial charge in [0.25, 0.3) is 0 Å². The molecule has 4 nitrogen and oxygen atoms in total. The minimum absolute atomic E-state index is 0.101. The second-order valence-electron chi connectivity index (χ2n) is 3.33. The first-order chi connectivity index (χ1) is 7.83. The molecule has 0 fully saturated rings. The van der Waals surface area contributed by atoms with Gasteiger partial charge in [-0.25, -0.2) is 4.68 Å². The van der Waals surface area contributed by atoms with Crippen LogP contribution in [-0.2, 0) is 6.42 Å². The molecule has 2 aromatic rings. The van der Waals surface area contributed by atoms with Crippen LogP contribution >= 0.6 is 11.8 Å². The topological polar surface area (TPSA) is 50.9 Å². The maximum atomic E-state index is 8.80.